The molecule has 2 aromatic heterocycles. The minimum Gasteiger partial charge on any atom is -0.406 e. The highest BCUT2D eigenvalue weighted by molar-refractivity contribution is 7.93. The molecule has 4 rings (SSSR count). The van der Waals surface area contributed by atoms with Crippen LogP contribution in [0.3, 0.4) is 0 Å². The molecule has 0 aliphatic carbocycles. The van der Waals surface area contributed by atoms with Gasteiger partial charge in [0.1, 0.15) is 18.0 Å². The van der Waals surface area contributed by atoms with Gasteiger partial charge in [0.2, 0.25) is 0 Å². The van der Waals surface area contributed by atoms with Crippen LogP contribution in [0.15, 0.2) is 88.1 Å². The van der Waals surface area contributed by atoms with Gasteiger partial charge in [0.15, 0.2) is 5.13 Å². The normalized spacial score (nSPS) is 11.1. The van der Waals surface area contributed by atoms with Crippen molar-refractivity contribution in [2.45, 2.75) is 11.5 Å². The van der Waals surface area contributed by atoms with Gasteiger partial charge in [-0.15, -0.1) is 11.3 Å². The molecule has 1 amide bonds. The van der Waals surface area contributed by atoms with E-state index in [1.807, 2.05) is 0 Å². The van der Waals surface area contributed by atoms with Crippen molar-refractivity contribution < 1.29 is 22.4 Å². The Morgan fingerprint density at radius 2 is 1.82 bits per heavy atom. The topological polar surface area (TPSA) is 119 Å². The molecule has 0 radical (unpaired) electrons. The molecule has 9 nitrogen and oxygen atoms in total. The minimum absolute atomic E-state index is 0.00375. The van der Waals surface area contributed by atoms with E-state index in [1.165, 1.54) is 73.1 Å². The van der Waals surface area contributed by atoms with Crippen LogP contribution in [0.1, 0.15) is 15.9 Å². The van der Waals surface area contributed by atoms with E-state index in [4.69, 9.17) is 4.84 Å². The first-order chi connectivity index (χ1) is 16.3. The molecule has 0 spiro atoms. The smallest absolute Gasteiger partial charge is 0.295 e. The quantitative estimate of drug-likeness (QED) is 0.384. The van der Waals surface area contributed by atoms with Crippen LogP contribution in [0.5, 0.6) is 0 Å². The number of anilines is 2. The Morgan fingerprint density at radius 1 is 1.09 bits per heavy atom. The van der Waals surface area contributed by atoms with Crippen molar-refractivity contribution in [2.24, 2.45) is 0 Å². The average Bonchev–Trinajstić information content (AvgIpc) is 3.32. The largest absolute Gasteiger partial charge is 0.406 e. The SMILES string of the molecule is O=C(Nc1ccc(S(=O)(=O)Nc2nccs2)cc1)c1cccn(OCc2ccc(F)cc2)c1=O. The molecule has 0 bridgehead atoms. The predicted molar refractivity (Wildman–Crippen MR) is 125 cm³/mol. The molecule has 4 aromatic rings. The summed E-state index contributed by atoms with van der Waals surface area (Å²) < 4.78 is 41.1. The van der Waals surface area contributed by atoms with Gasteiger partial charge in [-0.3, -0.25) is 14.3 Å². The number of sulfonamides is 1. The zero-order valence-electron chi connectivity index (χ0n) is 17.3. The molecule has 0 aliphatic heterocycles. The maximum Gasteiger partial charge on any atom is 0.295 e. The molecule has 2 aromatic carbocycles. The first-order valence-electron chi connectivity index (χ1n) is 9.75. The summed E-state index contributed by atoms with van der Waals surface area (Å²) in [6, 6.07) is 13.9. The maximum atomic E-state index is 13.0. The lowest BCUT2D eigenvalue weighted by Crippen LogP contribution is -2.32. The van der Waals surface area contributed by atoms with E-state index < -0.39 is 21.5 Å². The summed E-state index contributed by atoms with van der Waals surface area (Å²) in [5.41, 5.74) is 0.0699. The van der Waals surface area contributed by atoms with Crippen LogP contribution in [0.4, 0.5) is 15.2 Å². The molecule has 174 valence electrons. The van der Waals surface area contributed by atoms with Crippen molar-refractivity contribution in [3.05, 3.63) is 106 Å². The molecule has 0 fully saturated rings. The summed E-state index contributed by atoms with van der Waals surface area (Å²) >= 11 is 1.14. The van der Waals surface area contributed by atoms with E-state index in [0.29, 0.717) is 11.3 Å². The third kappa shape index (κ3) is 5.47. The molecule has 2 N–H and O–H groups in total. The number of rotatable bonds is 8. The Kier molecular flexibility index (Phi) is 6.70. The summed E-state index contributed by atoms with van der Waals surface area (Å²) in [5, 5.41) is 4.43. The van der Waals surface area contributed by atoms with Gasteiger partial charge in [-0.25, -0.2) is 17.8 Å². The lowest BCUT2D eigenvalue weighted by Gasteiger charge is -2.11. The van der Waals surface area contributed by atoms with E-state index in [2.05, 4.69) is 15.0 Å². The van der Waals surface area contributed by atoms with Gasteiger partial charge >= 0.3 is 0 Å². The second-order valence-corrected chi connectivity index (χ2v) is 9.45. The number of pyridine rings is 1. The zero-order chi connectivity index (χ0) is 24.1. The van der Waals surface area contributed by atoms with Crippen LogP contribution in [-0.2, 0) is 16.6 Å². The lowest BCUT2D eigenvalue weighted by molar-refractivity contribution is 0.0863. The number of benzene rings is 2. The fourth-order valence-electron chi connectivity index (χ4n) is 2.84. The summed E-state index contributed by atoms with van der Waals surface area (Å²) in [6.45, 7) is -0.00375. The second-order valence-electron chi connectivity index (χ2n) is 6.87. The molecule has 0 unspecified atom stereocenters. The third-order valence-corrected chi connectivity index (χ3v) is 6.69. The molecule has 2 heterocycles. The molecule has 0 saturated carbocycles. The van der Waals surface area contributed by atoms with Gasteiger partial charge in [0.05, 0.1) is 4.90 Å². The number of nitrogens with zero attached hydrogens (tertiary/aromatic N) is 2. The minimum atomic E-state index is -3.83. The van der Waals surface area contributed by atoms with Crippen molar-refractivity contribution >= 4 is 38.1 Å². The highest BCUT2D eigenvalue weighted by Crippen LogP contribution is 2.19. The standard InChI is InChI=1S/C22H17FN4O5S2/c23-16-5-3-15(4-6-16)14-32-27-12-1-2-19(21(27)29)20(28)25-17-7-9-18(10-8-17)34(30,31)26-22-24-11-13-33-22/h1-13H,14H2,(H,24,26)(H,25,28). The number of hydrogen-bond acceptors (Lipinski definition) is 7. The Bertz CT molecular complexity index is 1450. The van der Waals surface area contributed by atoms with E-state index in [-0.39, 0.29) is 28.0 Å². The molecule has 34 heavy (non-hydrogen) atoms. The van der Waals surface area contributed by atoms with Crippen molar-refractivity contribution in [1.82, 2.24) is 9.71 Å². The van der Waals surface area contributed by atoms with Crippen molar-refractivity contribution in [1.29, 1.82) is 0 Å². The van der Waals surface area contributed by atoms with Crippen LogP contribution in [0, 0.1) is 5.82 Å². The molecule has 0 aliphatic rings. The van der Waals surface area contributed by atoms with Crippen LogP contribution in [0.25, 0.3) is 0 Å². The first kappa shape index (κ1) is 23.1. The lowest BCUT2D eigenvalue weighted by atomic mass is 10.2. The molecule has 12 heteroatoms. The van der Waals surface area contributed by atoms with Gasteiger partial charge in [-0.2, -0.15) is 4.73 Å². The van der Waals surface area contributed by atoms with Crippen LogP contribution in [-0.4, -0.2) is 24.0 Å². The van der Waals surface area contributed by atoms with Crippen molar-refractivity contribution in [2.75, 3.05) is 10.0 Å². The van der Waals surface area contributed by atoms with Crippen LogP contribution < -0.4 is 20.4 Å². The molecular formula is C22H17FN4O5S2. The zero-order valence-corrected chi connectivity index (χ0v) is 19.0. The predicted octanol–water partition coefficient (Wildman–Crippen LogP) is 3.13. The average molecular weight is 501 g/mol. The van der Waals surface area contributed by atoms with Gasteiger partial charge < -0.3 is 10.2 Å². The number of hydrogen-bond donors (Lipinski definition) is 2. The number of carbonyl (C=O) groups excluding carboxylic acids is 1. The Morgan fingerprint density at radius 3 is 2.50 bits per heavy atom. The number of halogens is 1. The van der Waals surface area contributed by atoms with Gasteiger partial charge in [0.25, 0.3) is 21.5 Å². The summed E-state index contributed by atoms with van der Waals surface area (Å²) in [7, 11) is -3.83. The van der Waals surface area contributed by atoms with Crippen molar-refractivity contribution in [3.8, 4) is 0 Å². The molecule has 0 atom stereocenters. The van der Waals surface area contributed by atoms with E-state index >= 15 is 0 Å². The van der Waals surface area contributed by atoms with E-state index in [0.717, 1.165) is 16.1 Å². The van der Waals surface area contributed by atoms with Gasteiger partial charge in [0, 0.05) is 23.5 Å². The van der Waals surface area contributed by atoms with Crippen molar-refractivity contribution in [3.63, 3.8) is 0 Å². The Labute approximate surface area is 197 Å². The van der Waals surface area contributed by atoms with E-state index in [1.54, 1.807) is 5.38 Å². The van der Waals surface area contributed by atoms with Crippen LogP contribution >= 0.6 is 11.3 Å². The summed E-state index contributed by atoms with van der Waals surface area (Å²) in [5.74, 6) is -1.08. The number of amides is 1. The second kappa shape index (κ2) is 9.85. The van der Waals surface area contributed by atoms with Gasteiger partial charge in [-0.1, -0.05) is 12.1 Å². The summed E-state index contributed by atoms with van der Waals surface area (Å²) in [4.78, 5) is 34.6. The number of carbonyl (C=O) groups is 1. The third-order valence-electron chi connectivity index (χ3n) is 4.52. The number of thiazole rings is 1. The number of aromatic nitrogens is 2. The Balaban J connectivity index is 1.43. The fourth-order valence-corrected chi connectivity index (χ4v) is 4.63. The molecular weight excluding hydrogens is 483 g/mol. The summed E-state index contributed by atoms with van der Waals surface area (Å²) in [6.07, 6.45) is 2.84. The monoisotopic (exact) mass is 500 g/mol. The Hall–Kier alpha value is -4.03. The highest BCUT2D eigenvalue weighted by Gasteiger charge is 2.17. The van der Waals surface area contributed by atoms with Gasteiger partial charge in [-0.05, 0) is 54.1 Å². The highest BCUT2D eigenvalue weighted by atomic mass is 32.2. The molecule has 0 saturated heterocycles. The van der Waals surface area contributed by atoms with E-state index in [9.17, 15) is 22.4 Å². The maximum absolute atomic E-state index is 13.0. The fraction of sp³-hybridized carbons (Fsp3) is 0.0455. The first-order valence-corrected chi connectivity index (χ1v) is 12.1. The number of nitrogens with one attached hydrogen (secondary N) is 2. The van der Waals surface area contributed by atoms with Crippen LogP contribution in [0.2, 0.25) is 0 Å².